The lowest BCUT2D eigenvalue weighted by Gasteiger charge is -2.09. The number of fused-ring (bicyclic) bond motifs is 2. The first kappa shape index (κ1) is 19.6. The molecule has 4 rings (SSSR count). The summed E-state index contributed by atoms with van der Waals surface area (Å²) in [6, 6.07) is 11.7. The average Bonchev–Trinajstić information content (AvgIpc) is 3.19. The van der Waals surface area contributed by atoms with Gasteiger partial charge in [0, 0.05) is 39.6 Å². The van der Waals surface area contributed by atoms with Crippen LogP contribution in [0.5, 0.6) is 0 Å². The number of hydrogen-bond donors (Lipinski definition) is 2. The molecule has 6 nitrogen and oxygen atoms in total. The van der Waals surface area contributed by atoms with Crippen LogP contribution in [0, 0.1) is 5.82 Å². The van der Waals surface area contributed by atoms with Gasteiger partial charge in [-0.3, -0.25) is 0 Å². The van der Waals surface area contributed by atoms with Gasteiger partial charge >= 0.3 is 5.97 Å². The van der Waals surface area contributed by atoms with Crippen LogP contribution in [-0.4, -0.2) is 30.3 Å². The van der Waals surface area contributed by atoms with E-state index in [9.17, 15) is 22.7 Å². The summed E-state index contributed by atoms with van der Waals surface area (Å²) in [5, 5.41) is 13.2. The Kier molecular flexibility index (Phi) is 4.89. The second-order valence-electron chi connectivity index (χ2n) is 6.73. The molecular formula is C20H17FN2O4S2. The summed E-state index contributed by atoms with van der Waals surface area (Å²) in [6.07, 6.45) is 1.03. The number of sulfonamides is 1. The maximum absolute atomic E-state index is 13.7. The third-order valence-electron chi connectivity index (χ3n) is 4.73. The fourth-order valence-electron chi connectivity index (χ4n) is 3.51. The van der Waals surface area contributed by atoms with E-state index in [1.165, 1.54) is 23.5 Å². The van der Waals surface area contributed by atoms with Crippen LogP contribution in [0.3, 0.4) is 0 Å². The van der Waals surface area contributed by atoms with E-state index >= 15 is 0 Å². The molecule has 0 saturated heterocycles. The number of aromatic nitrogens is 1. The van der Waals surface area contributed by atoms with Gasteiger partial charge in [0.2, 0.25) is 10.0 Å². The molecule has 2 heterocycles. The summed E-state index contributed by atoms with van der Waals surface area (Å²) < 4.78 is 41.8. The van der Waals surface area contributed by atoms with Crippen molar-refractivity contribution in [2.45, 2.75) is 13.1 Å². The van der Waals surface area contributed by atoms with Crippen LogP contribution in [-0.2, 0) is 23.1 Å². The molecule has 0 radical (unpaired) electrons. The molecule has 0 aliphatic heterocycles. The molecule has 29 heavy (non-hydrogen) atoms. The number of nitrogens with zero attached hydrogens (tertiary/aromatic N) is 1. The van der Waals surface area contributed by atoms with Crippen molar-refractivity contribution >= 4 is 48.3 Å². The van der Waals surface area contributed by atoms with E-state index in [-0.39, 0.29) is 24.6 Å². The number of thiophene rings is 1. The van der Waals surface area contributed by atoms with Crippen molar-refractivity contribution in [1.82, 2.24) is 9.29 Å². The normalized spacial score (nSPS) is 12.1. The third kappa shape index (κ3) is 3.76. The van der Waals surface area contributed by atoms with E-state index in [1.54, 1.807) is 34.9 Å². The third-order valence-corrected chi connectivity index (χ3v) is 6.41. The molecule has 0 aliphatic rings. The van der Waals surface area contributed by atoms with Gasteiger partial charge in [0.25, 0.3) is 0 Å². The number of halogens is 1. The summed E-state index contributed by atoms with van der Waals surface area (Å²) in [4.78, 5) is 12.1. The second kappa shape index (κ2) is 7.25. The molecule has 0 aliphatic carbocycles. The van der Waals surface area contributed by atoms with Crippen molar-refractivity contribution < 1.29 is 22.7 Å². The molecule has 0 spiro atoms. The molecular weight excluding hydrogens is 415 g/mol. The monoisotopic (exact) mass is 432 g/mol. The van der Waals surface area contributed by atoms with Gasteiger partial charge in [0.05, 0.1) is 6.26 Å². The highest BCUT2D eigenvalue weighted by atomic mass is 32.2. The van der Waals surface area contributed by atoms with E-state index in [4.69, 9.17) is 0 Å². The van der Waals surface area contributed by atoms with Gasteiger partial charge in [-0.25, -0.2) is 22.3 Å². The summed E-state index contributed by atoms with van der Waals surface area (Å²) in [7, 11) is -3.50. The van der Waals surface area contributed by atoms with Crippen molar-refractivity contribution in [2.24, 2.45) is 0 Å². The minimum absolute atomic E-state index is 0.0121. The molecule has 2 aromatic carbocycles. The Morgan fingerprint density at radius 3 is 2.69 bits per heavy atom. The zero-order valence-corrected chi connectivity index (χ0v) is 17.0. The molecule has 9 heteroatoms. The summed E-state index contributed by atoms with van der Waals surface area (Å²) in [5.41, 5.74) is 1.88. The number of para-hydroxylation sites is 1. The first-order valence-electron chi connectivity index (χ1n) is 8.68. The lowest BCUT2D eigenvalue weighted by molar-refractivity contribution is 0.0685. The topological polar surface area (TPSA) is 88.4 Å². The molecule has 0 saturated carbocycles. The Hall–Kier alpha value is -2.75. The molecule has 0 fully saturated rings. The van der Waals surface area contributed by atoms with Gasteiger partial charge in [-0.1, -0.05) is 18.2 Å². The number of carboxylic acid groups (broad SMARTS) is 1. The maximum atomic E-state index is 13.7. The summed E-state index contributed by atoms with van der Waals surface area (Å²) in [6.45, 7) is 0.0947. The first-order chi connectivity index (χ1) is 13.7. The molecule has 2 N–H and O–H groups in total. The minimum Gasteiger partial charge on any atom is -0.477 e. The number of rotatable bonds is 6. The highest BCUT2D eigenvalue weighted by Gasteiger charge is 2.23. The SMILES string of the molecule is CS(=O)(=O)NCc1c(C(=O)O)n(Cc2csc3ccc(F)cc23)c2ccccc12. The summed E-state index contributed by atoms with van der Waals surface area (Å²) in [5.74, 6) is -1.51. The van der Waals surface area contributed by atoms with E-state index < -0.39 is 16.0 Å². The number of nitrogens with one attached hydrogen (secondary N) is 1. The number of benzene rings is 2. The average molecular weight is 432 g/mol. The predicted octanol–water partition coefficient (Wildman–Crippen LogP) is 3.79. The maximum Gasteiger partial charge on any atom is 0.352 e. The second-order valence-corrected chi connectivity index (χ2v) is 9.47. The molecule has 4 aromatic rings. The van der Waals surface area contributed by atoms with Gasteiger partial charge in [-0.05, 0) is 35.2 Å². The van der Waals surface area contributed by atoms with Crippen molar-refractivity contribution in [1.29, 1.82) is 0 Å². The van der Waals surface area contributed by atoms with Crippen LogP contribution < -0.4 is 4.72 Å². The van der Waals surface area contributed by atoms with Gasteiger partial charge in [-0.2, -0.15) is 0 Å². The fourth-order valence-corrected chi connectivity index (χ4v) is 4.85. The van der Waals surface area contributed by atoms with E-state index in [2.05, 4.69) is 4.72 Å². The van der Waals surface area contributed by atoms with Gasteiger partial charge in [-0.15, -0.1) is 11.3 Å². The van der Waals surface area contributed by atoms with Crippen molar-refractivity contribution in [2.75, 3.05) is 6.26 Å². The predicted molar refractivity (Wildman–Crippen MR) is 111 cm³/mol. The molecule has 150 valence electrons. The van der Waals surface area contributed by atoms with Crippen LogP contribution >= 0.6 is 11.3 Å². The molecule has 0 amide bonds. The fraction of sp³-hybridized carbons (Fsp3) is 0.150. The van der Waals surface area contributed by atoms with E-state index in [0.29, 0.717) is 16.5 Å². The summed E-state index contributed by atoms with van der Waals surface area (Å²) >= 11 is 1.46. The standard InChI is InChI=1S/C20H17FN2O4S2/c1-29(26,27)22-9-16-14-4-2-3-5-17(14)23(19(16)20(24)25)10-12-11-28-18-7-6-13(21)8-15(12)18/h2-8,11,22H,9-10H2,1H3,(H,24,25). The number of carbonyl (C=O) groups is 1. The largest absolute Gasteiger partial charge is 0.477 e. The number of carboxylic acids is 1. The molecule has 2 aromatic heterocycles. The smallest absolute Gasteiger partial charge is 0.352 e. The molecule has 0 bridgehead atoms. The first-order valence-corrected chi connectivity index (χ1v) is 11.5. The highest BCUT2D eigenvalue weighted by Crippen LogP contribution is 2.31. The minimum atomic E-state index is -3.50. The van der Waals surface area contributed by atoms with Crippen molar-refractivity contribution in [3.8, 4) is 0 Å². The Balaban J connectivity index is 1.90. The molecule has 0 atom stereocenters. The van der Waals surface area contributed by atoms with E-state index in [0.717, 1.165) is 21.9 Å². The zero-order chi connectivity index (χ0) is 20.8. The zero-order valence-electron chi connectivity index (χ0n) is 15.3. The Morgan fingerprint density at radius 2 is 1.97 bits per heavy atom. The Bertz CT molecular complexity index is 1360. The lowest BCUT2D eigenvalue weighted by Crippen LogP contribution is -2.23. The van der Waals surface area contributed by atoms with Crippen LogP contribution in [0.4, 0.5) is 4.39 Å². The van der Waals surface area contributed by atoms with Crippen LogP contribution in [0.1, 0.15) is 21.6 Å². The molecule has 0 unspecified atom stereocenters. The Morgan fingerprint density at radius 1 is 1.21 bits per heavy atom. The van der Waals surface area contributed by atoms with Gasteiger partial charge in [0.15, 0.2) is 0 Å². The van der Waals surface area contributed by atoms with Crippen LogP contribution in [0.15, 0.2) is 47.8 Å². The number of aromatic carboxylic acids is 1. The van der Waals surface area contributed by atoms with Gasteiger partial charge < -0.3 is 9.67 Å². The lowest BCUT2D eigenvalue weighted by atomic mass is 10.1. The Labute approximate surface area is 170 Å². The van der Waals surface area contributed by atoms with E-state index in [1.807, 2.05) is 5.38 Å². The number of hydrogen-bond acceptors (Lipinski definition) is 4. The quantitative estimate of drug-likeness (QED) is 0.485. The van der Waals surface area contributed by atoms with Crippen molar-refractivity contribution in [3.63, 3.8) is 0 Å². The van der Waals surface area contributed by atoms with Crippen molar-refractivity contribution in [3.05, 3.63) is 70.5 Å². The van der Waals surface area contributed by atoms with Gasteiger partial charge in [0.1, 0.15) is 11.5 Å². The highest BCUT2D eigenvalue weighted by molar-refractivity contribution is 7.88. The van der Waals surface area contributed by atoms with Crippen LogP contribution in [0.25, 0.3) is 21.0 Å². The van der Waals surface area contributed by atoms with Crippen LogP contribution in [0.2, 0.25) is 0 Å².